The van der Waals surface area contributed by atoms with Gasteiger partial charge in [0.2, 0.25) is 0 Å². The SMILES string of the molecule is C=C1C(=O)O[C@H]2[C@H]3C(CO)=CC(=O)C3=C(C)C[C@H](C(C(=O)O)c3ccc(O)cc3)[C@H]12. The van der Waals surface area contributed by atoms with Crippen molar-refractivity contribution < 1.29 is 34.4 Å². The molecule has 1 unspecified atom stereocenters. The number of aliphatic carboxylic acids is 1. The van der Waals surface area contributed by atoms with E-state index in [1.807, 2.05) is 0 Å². The number of ether oxygens (including phenoxy) is 1. The minimum atomic E-state index is -1.08. The predicted molar refractivity (Wildman–Crippen MR) is 105 cm³/mol. The van der Waals surface area contributed by atoms with E-state index in [0.29, 0.717) is 16.7 Å². The number of carboxylic acid groups (broad SMARTS) is 1. The lowest BCUT2D eigenvalue weighted by molar-refractivity contribution is -0.141. The number of carbonyl (C=O) groups is 3. The van der Waals surface area contributed by atoms with Crippen LogP contribution < -0.4 is 0 Å². The van der Waals surface area contributed by atoms with Crippen molar-refractivity contribution >= 4 is 17.7 Å². The number of aliphatic hydroxyl groups is 1. The van der Waals surface area contributed by atoms with Gasteiger partial charge in [-0.3, -0.25) is 9.59 Å². The predicted octanol–water partition coefficient (Wildman–Crippen LogP) is 2.11. The average Bonchev–Trinajstić information content (AvgIpc) is 3.14. The van der Waals surface area contributed by atoms with Crippen molar-refractivity contribution in [2.24, 2.45) is 17.8 Å². The summed E-state index contributed by atoms with van der Waals surface area (Å²) in [6.07, 6.45) is 0.842. The number of ketones is 1. The Morgan fingerprint density at radius 3 is 2.53 bits per heavy atom. The lowest BCUT2D eigenvalue weighted by Gasteiger charge is -2.32. The molecule has 0 spiro atoms. The maximum absolute atomic E-state index is 12.7. The molecule has 7 nitrogen and oxygen atoms in total. The highest BCUT2D eigenvalue weighted by Gasteiger charge is 2.55. The van der Waals surface area contributed by atoms with E-state index in [-0.39, 0.29) is 30.1 Å². The van der Waals surface area contributed by atoms with Crippen molar-refractivity contribution in [2.45, 2.75) is 25.4 Å². The van der Waals surface area contributed by atoms with Gasteiger partial charge in [-0.15, -0.1) is 0 Å². The van der Waals surface area contributed by atoms with E-state index in [0.717, 1.165) is 5.57 Å². The summed E-state index contributed by atoms with van der Waals surface area (Å²) in [5.41, 5.74) is 2.31. The number of aliphatic hydroxyl groups excluding tert-OH is 1. The first kappa shape index (κ1) is 20.1. The van der Waals surface area contributed by atoms with Gasteiger partial charge in [0.25, 0.3) is 0 Å². The normalized spacial score (nSPS) is 29.1. The molecule has 0 amide bonds. The Morgan fingerprint density at radius 1 is 1.27 bits per heavy atom. The Hall–Kier alpha value is -3.19. The highest BCUT2D eigenvalue weighted by Crippen LogP contribution is 2.52. The number of phenols is 1. The van der Waals surface area contributed by atoms with Crippen LogP contribution in [0.1, 0.15) is 24.8 Å². The highest BCUT2D eigenvalue weighted by atomic mass is 16.6. The molecule has 1 heterocycles. The third kappa shape index (κ3) is 2.97. The van der Waals surface area contributed by atoms with Crippen LogP contribution in [0, 0.1) is 17.8 Å². The second kappa shape index (κ2) is 7.25. The van der Waals surface area contributed by atoms with Gasteiger partial charge in [-0.25, -0.2) is 4.79 Å². The van der Waals surface area contributed by atoms with Crippen molar-refractivity contribution in [1.29, 1.82) is 0 Å². The maximum atomic E-state index is 12.7. The first-order chi connectivity index (χ1) is 14.2. The van der Waals surface area contributed by atoms with Crippen LogP contribution in [-0.2, 0) is 19.1 Å². The molecule has 4 rings (SSSR count). The number of aromatic hydroxyl groups is 1. The fourth-order valence-corrected chi connectivity index (χ4v) is 5.22. The minimum Gasteiger partial charge on any atom is -0.508 e. The highest BCUT2D eigenvalue weighted by molar-refractivity contribution is 6.09. The van der Waals surface area contributed by atoms with Crippen LogP contribution in [0.5, 0.6) is 5.75 Å². The molecule has 3 N–H and O–H groups in total. The molecule has 0 bridgehead atoms. The molecular formula is C23H22O7. The Morgan fingerprint density at radius 2 is 1.93 bits per heavy atom. The van der Waals surface area contributed by atoms with Crippen molar-refractivity contribution in [3.05, 3.63) is 64.8 Å². The molecule has 7 heteroatoms. The molecule has 0 radical (unpaired) electrons. The second-order valence-corrected chi connectivity index (χ2v) is 8.11. The van der Waals surface area contributed by atoms with Crippen LogP contribution in [0.15, 0.2) is 59.2 Å². The number of carboxylic acids is 1. The number of fused-ring (bicyclic) bond motifs is 3. The minimum absolute atomic E-state index is 0.0153. The molecule has 1 fully saturated rings. The summed E-state index contributed by atoms with van der Waals surface area (Å²) in [5, 5.41) is 29.5. The van der Waals surface area contributed by atoms with Crippen LogP contribution in [0.25, 0.3) is 0 Å². The summed E-state index contributed by atoms with van der Waals surface area (Å²) in [4.78, 5) is 37.5. The monoisotopic (exact) mass is 410 g/mol. The molecule has 2 aliphatic carbocycles. The van der Waals surface area contributed by atoms with Gasteiger partial charge in [0.15, 0.2) is 5.78 Å². The summed E-state index contributed by atoms with van der Waals surface area (Å²) in [5.74, 6) is -4.75. The number of hydrogen-bond donors (Lipinski definition) is 3. The van der Waals surface area contributed by atoms with Crippen LogP contribution >= 0.6 is 0 Å². The fourth-order valence-electron chi connectivity index (χ4n) is 5.22. The Balaban J connectivity index is 1.87. The van der Waals surface area contributed by atoms with E-state index in [2.05, 4.69) is 6.58 Å². The van der Waals surface area contributed by atoms with Crippen molar-refractivity contribution in [3.8, 4) is 5.75 Å². The zero-order valence-corrected chi connectivity index (χ0v) is 16.4. The number of hydrogen-bond acceptors (Lipinski definition) is 6. The summed E-state index contributed by atoms with van der Waals surface area (Å²) in [7, 11) is 0. The first-order valence-corrected chi connectivity index (χ1v) is 9.71. The average molecular weight is 410 g/mol. The lowest BCUT2D eigenvalue weighted by Crippen LogP contribution is -2.36. The summed E-state index contributed by atoms with van der Waals surface area (Å²) >= 11 is 0. The summed E-state index contributed by atoms with van der Waals surface area (Å²) < 4.78 is 5.61. The Labute approximate surface area is 173 Å². The molecular weight excluding hydrogens is 388 g/mol. The van der Waals surface area contributed by atoms with Gasteiger partial charge in [-0.2, -0.15) is 0 Å². The molecule has 3 aliphatic rings. The van der Waals surface area contributed by atoms with Gasteiger partial charge >= 0.3 is 11.9 Å². The van der Waals surface area contributed by atoms with Gasteiger partial charge in [-0.1, -0.05) is 24.3 Å². The van der Waals surface area contributed by atoms with E-state index < -0.39 is 41.7 Å². The molecule has 5 atom stereocenters. The van der Waals surface area contributed by atoms with Crippen LogP contribution in [0.3, 0.4) is 0 Å². The Kier molecular flexibility index (Phi) is 4.86. The number of rotatable bonds is 4. The first-order valence-electron chi connectivity index (χ1n) is 9.71. The molecule has 30 heavy (non-hydrogen) atoms. The van der Waals surface area contributed by atoms with Gasteiger partial charge < -0.3 is 20.1 Å². The second-order valence-electron chi connectivity index (χ2n) is 8.11. The molecule has 0 saturated carbocycles. The molecule has 156 valence electrons. The number of esters is 1. The number of benzene rings is 1. The molecule has 1 aliphatic heterocycles. The van der Waals surface area contributed by atoms with E-state index in [4.69, 9.17) is 4.74 Å². The van der Waals surface area contributed by atoms with Crippen molar-refractivity contribution in [1.82, 2.24) is 0 Å². The van der Waals surface area contributed by atoms with Crippen LogP contribution in [0.4, 0.5) is 0 Å². The molecule has 1 saturated heterocycles. The van der Waals surface area contributed by atoms with E-state index in [9.17, 15) is 29.7 Å². The number of phenolic OH excluding ortho intramolecular Hbond substituents is 1. The maximum Gasteiger partial charge on any atom is 0.334 e. The topological polar surface area (TPSA) is 121 Å². The van der Waals surface area contributed by atoms with E-state index in [1.165, 1.54) is 18.2 Å². The van der Waals surface area contributed by atoms with Gasteiger partial charge in [-0.05, 0) is 48.6 Å². The number of allylic oxidation sites excluding steroid dienone is 2. The third-order valence-corrected chi connectivity index (χ3v) is 6.47. The third-order valence-electron chi connectivity index (χ3n) is 6.47. The van der Waals surface area contributed by atoms with Crippen LogP contribution in [0.2, 0.25) is 0 Å². The standard InChI is InChI=1S/C23H22O7/c1-10-7-15(19(22(27)28)12-3-5-14(25)6-4-12)18-11(2)23(29)30-21(18)20-13(9-24)8-16(26)17(10)20/h3-6,8,15,18-21,24-25H,2,7,9H2,1H3,(H,27,28)/t15-,18-,19?,20-,21+/m0/s1. The zero-order chi connectivity index (χ0) is 21.7. The lowest BCUT2D eigenvalue weighted by atomic mass is 9.70. The fraction of sp³-hybridized carbons (Fsp3) is 0.348. The van der Waals surface area contributed by atoms with Crippen LogP contribution in [-0.4, -0.2) is 45.8 Å². The Bertz CT molecular complexity index is 1010. The molecule has 0 aromatic heterocycles. The van der Waals surface area contributed by atoms with Crippen molar-refractivity contribution in [3.63, 3.8) is 0 Å². The van der Waals surface area contributed by atoms with Gasteiger partial charge in [0.05, 0.1) is 12.5 Å². The largest absolute Gasteiger partial charge is 0.508 e. The van der Waals surface area contributed by atoms with Gasteiger partial charge in [0, 0.05) is 23.0 Å². The summed E-state index contributed by atoms with van der Waals surface area (Å²) in [6, 6.07) is 5.92. The van der Waals surface area contributed by atoms with E-state index >= 15 is 0 Å². The quantitative estimate of drug-likeness (QED) is 0.513. The van der Waals surface area contributed by atoms with E-state index in [1.54, 1.807) is 19.1 Å². The molecule has 1 aromatic rings. The van der Waals surface area contributed by atoms with Crippen molar-refractivity contribution in [2.75, 3.05) is 6.61 Å². The smallest absolute Gasteiger partial charge is 0.334 e. The number of carbonyl (C=O) groups excluding carboxylic acids is 2. The summed E-state index contributed by atoms with van der Waals surface area (Å²) in [6.45, 7) is 5.30. The molecule has 1 aromatic carbocycles. The van der Waals surface area contributed by atoms with Gasteiger partial charge in [0.1, 0.15) is 11.9 Å². The zero-order valence-electron chi connectivity index (χ0n) is 16.4.